The van der Waals surface area contributed by atoms with E-state index in [0.29, 0.717) is 16.9 Å². The second-order valence-corrected chi connectivity index (χ2v) is 5.46. The number of rotatable bonds is 5. The highest BCUT2D eigenvalue weighted by molar-refractivity contribution is 7.99. The summed E-state index contributed by atoms with van der Waals surface area (Å²) in [4.78, 5) is 12.1. The van der Waals surface area contributed by atoms with Crippen molar-refractivity contribution in [2.75, 3.05) is 5.75 Å². The van der Waals surface area contributed by atoms with Gasteiger partial charge >= 0.3 is 0 Å². The standard InChI is InChI=1S/C14H14N4OS/c1-10(2)18-9-16-17-14(18)20-8-13(19)12-5-3-11(7-15)4-6-12/h3-6,9-10H,8H2,1-2H3. The van der Waals surface area contributed by atoms with Crippen LogP contribution in [0, 0.1) is 11.3 Å². The molecule has 1 heterocycles. The number of hydrogen-bond donors (Lipinski definition) is 0. The summed E-state index contributed by atoms with van der Waals surface area (Å²) in [5.41, 5.74) is 1.15. The summed E-state index contributed by atoms with van der Waals surface area (Å²) < 4.78 is 1.93. The minimum atomic E-state index is 0.0118. The molecule has 102 valence electrons. The van der Waals surface area contributed by atoms with Crippen LogP contribution >= 0.6 is 11.8 Å². The van der Waals surface area contributed by atoms with Crippen LogP contribution in [0.4, 0.5) is 0 Å². The van der Waals surface area contributed by atoms with Gasteiger partial charge in [-0.15, -0.1) is 10.2 Å². The molecule has 0 amide bonds. The molecule has 0 spiro atoms. The minimum Gasteiger partial charge on any atom is -0.306 e. The summed E-state index contributed by atoms with van der Waals surface area (Å²) in [5.74, 6) is 0.315. The van der Waals surface area contributed by atoms with Gasteiger partial charge in [0.1, 0.15) is 6.33 Å². The smallest absolute Gasteiger partial charge is 0.191 e. The zero-order chi connectivity index (χ0) is 14.5. The molecule has 0 aliphatic carbocycles. The molecule has 0 radical (unpaired) electrons. The maximum Gasteiger partial charge on any atom is 0.191 e. The van der Waals surface area contributed by atoms with E-state index in [9.17, 15) is 4.79 Å². The summed E-state index contributed by atoms with van der Waals surface area (Å²) in [7, 11) is 0. The highest BCUT2D eigenvalue weighted by atomic mass is 32.2. The van der Waals surface area contributed by atoms with Crippen molar-refractivity contribution in [2.45, 2.75) is 25.0 Å². The Balaban J connectivity index is 2.01. The van der Waals surface area contributed by atoms with Gasteiger partial charge < -0.3 is 4.57 Å². The fourth-order valence-electron chi connectivity index (χ4n) is 1.63. The fraction of sp³-hybridized carbons (Fsp3) is 0.286. The second kappa shape index (κ2) is 6.35. The van der Waals surface area contributed by atoms with E-state index in [1.807, 2.05) is 24.5 Å². The topological polar surface area (TPSA) is 71.6 Å². The lowest BCUT2D eigenvalue weighted by atomic mass is 10.1. The van der Waals surface area contributed by atoms with Gasteiger partial charge in [-0.3, -0.25) is 4.79 Å². The summed E-state index contributed by atoms with van der Waals surface area (Å²) in [6, 6.07) is 8.94. The van der Waals surface area contributed by atoms with Crippen LogP contribution < -0.4 is 0 Å². The van der Waals surface area contributed by atoms with E-state index in [1.165, 1.54) is 11.8 Å². The van der Waals surface area contributed by atoms with Crippen molar-refractivity contribution in [3.63, 3.8) is 0 Å². The predicted octanol–water partition coefficient (Wildman–Crippen LogP) is 2.71. The molecule has 0 saturated heterocycles. The Morgan fingerprint density at radius 2 is 2.10 bits per heavy atom. The average molecular weight is 286 g/mol. The molecular weight excluding hydrogens is 272 g/mol. The van der Waals surface area contributed by atoms with Crippen molar-refractivity contribution in [3.8, 4) is 6.07 Å². The molecule has 0 bridgehead atoms. The van der Waals surface area contributed by atoms with Gasteiger partial charge in [0.05, 0.1) is 17.4 Å². The molecule has 5 nitrogen and oxygen atoms in total. The maximum atomic E-state index is 12.1. The van der Waals surface area contributed by atoms with Crippen LogP contribution in [0.5, 0.6) is 0 Å². The molecule has 0 saturated carbocycles. The van der Waals surface area contributed by atoms with Gasteiger partial charge in [-0.2, -0.15) is 5.26 Å². The third kappa shape index (κ3) is 3.25. The van der Waals surface area contributed by atoms with Gasteiger partial charge in [-0.05, 0) is 26.0 Å². The molecule has 20 heavy (non-hydrogen) atoms. The molecule has 6 heteroatoms. The highest BCUT2D eigenvalue weighted by Gasteiger charge is 2.12. The van der Waals surface area contributed by atoms with Crippen molar-refractivity contribution in [3.05, 3.63) is 41.7 Å². The molecular formula is C14H14N4OS. The molecule has 2 aromatic rings. The Kier molecular flexibility index (Phi) is 4.53. The highest BCUT2D eigenvalue weighted by Crippen LogP contribution is 2.20. The van der Waals surface area contributed by atoms with Gasteiger partial charge in [-0.25, -0.2) is 0 Å². The first-order chi connectivity index (χ1) is 9.61. The number of carbonyl (C=O) groups is 1. The largest absolute Gasteiger partial charge is 0.306 e. The third-order valence-corrected chi connectivity index (χ3v) is 3.72. The number of Topliss-reactive ketones (excluding diaryl/α,β-unsaturated/α-hetero) is 1. The summed E-state index contributed by atoms with van der Waals surface area (Å²) in [6.45, 7) is 4.08. The lowest BCUT2D eigenvalue weighted by molar-refractivity contribution is 0.102. The fourth-order valence-corrected chi connectivity index (χ4v) is 2.57. The van der Waals surface area contributed by atoms with Crippen molar-refractivity contribution < 1.29 is 4.79 Å². The quantitative estimate of drug-likeness (QED) is 0.624. The normalized spacial score (nSPS) is 10.5. The number of ketones is 1. The van der Waals surface area contributed by atoms with E-state index < -0.39 is 0 Å². The zero-order valence-electron chi connectivity index (χ0n) is 11.3. The lowest BCUT2D eigenvalue weighted by Gasteiger charge is -2.08. The number of thioether (sulfide) groups is 1. The number of nitriles is 1. The Labute approximate surface area is 121 Å². The summed E-state index contributed by atoms with van der Waals surface area (Å²) >= 11 is 1.37. The molecule has 0 N–H and O–H groups in total. The second-order valence-electron chi connectivity index (χ2n) is 4.52. The molecule has 0 fully saturated rings. The van der Waals surface area contributed by atoms with E-state index in [4.69, 9.17) is 5.26 Å². The SMILES string of the molecule is CC(C)n1cnnc1SCC(=O)c1ccc(C#N)cc1. The average Bonchev–Trinajstić information content (AvgIpc) is 2.93. The van der Waals surface area contributed by atoms with Crippen molar-refractivity contribution in [2.24, 2.45) is 0 Å². The van der Waals surface area contributed by atoms with Gasteiger partial charge in [0.2, 0.25) is 0 Å². The van der Waals surface area contributed by atoms with Crippen LogP contribution in [0.3, 0.4) is 0 Å². The molecule has 0 unspecified atom stereocenters. The van der Waals surface area contributed by atoms with E-state index in [2.05, 4.69) is 10.2 Å². The van der Waals surface area contributed by atoms with Gasteiger partial charge in [-0.1, -0.05) is 23.9 Å². The van der Waals surface area contributed by atoms with Gasteiger partial charge in [0.25, 0.3) is 0 Å². The molecule has 0 atom stereocenters. The Hall–Kier alpha value is -2.13. The van der Waals surface area contributed by atoms with Gasteiger partial charge in [0, 0.05) is 11.6 Å². The van der Waals surface area contributed by atoms with E-state index >= 15 is 0 Å². The first-order valence-corrected chi connectivity index (χ1v) is 7.16. The van der Waals surface area contributed by atoms with Crippen molar-refractivity contribution in [1.29, 1.82) is 5.26 Å². The van der Waals surface area contributed by atoms with Crippen LogP contribution in [0.25, 0.3) is 0 Å². The first kappa shape index (κ1) is 14.3. The van der Waals surface area contributed by atoms with E-state index in [1.54, 1.807) is 30.6 Å². The van der Waals surface area contributed by atoms with Crippen LogP contribution in [0.1, 0.15) is 35.8 Å². The third-order valence-electron chi connectivity index (χ3n) is 2.76. The van der Waals surface area contributed by atoms with Crippen LogP contribution in [0.2, 0.25) is 0 Å². The van der Waals surface area contributed by atoms with Crippen LogP contribution in [0.15, 0.2) is 35.7 Å². The summed E-state index contributed by atoms with van der Waals surface area (Å²) in [5, 5.41) is 17.3. The zero-order valence-corrected chi connectivity index (χ0v) is 12.1. The molecule has 0 aliphatic heterocycles. The van der Waals surface area contributed by atoms with Crippen LogP contribution in [-0.2, 0) is 0 Å². The lowest BCUT2D eigenvalue weighted by Crippen LogP contribution is -2.06. The predicted molar refractivity (Wildman–Crippen MR) is 76.6 cm³/mol. The number of nitrogens with zero attached hydrogens (tertiary/aromatic N) is 4. The number of aromatic nitrogens is 3. The van der Waals surface area contributed by atoms with E-state index in [0.717, 1.165) is 5.16 Å². The number of benzene rings is 1. The Morgan fingerprint density at radius 1 is 1.40 bits per heavy atom. The first-order valence-electron chi connectivity index (χ1n) is 6.17. The van der Waals surface area contributed by atoms with Crippen molar-refractivity contribution >= 4 is 17.5 Å². The molecule has 2 rings (SSSR count). The van der Waals surface area contributed by atoms with E-state index in [-0.39, 0.29) is 11.8 Å². The molecule has 0 aliphatic rings. The van der Waals surface area contributed by atoms with Crippen LogP contribution in [-0.4, -0.2) is 26.3 Å². The maximum absolute atomic E-state index is 12.1. The van der Waals surface area contributed by atoms with Crippen molar-refractivity contribution in [1.82, 2.24) is 14.8 Å². The molecule has 1 aromatic carbocycles. The number of hydrogen-bond acceptors (Lipinski definition) is 5. The Morgan fingerprint density at radius 3 is 2.70 bits per heavy atom. The number of carbonyl (C=O) groups excluding carboxylic acids is 1. The minimum absolute atomic E-state index is 0.0118. The van der Waals surface area contributed by atoms with Gasteiger partial charge in [0.15, 0.2) is 10.9 Å². The monoisotopic (exact) mass is 286 g/mol. The molecule has 1 aromatic heterocycles. The summed E-state index contributed by atoms with van der Waals surface area (Å²) in [6.07, 6.45) is 1.67. The Bertz CT molecular complexity index is 640.